The van der Waals surface area contributed by atoms with E-state index in [4.69, 9.17) is 0 Å². The maximum atomic E-state index is 4.63. The Bertz CT molecular complexity index is 322. The SMILES string of the molecule is c1csc(C2(N3CCCC3)CCCCC2)n1. The molecule has 1 aliphatic heterocycles. The Morgan fingerprint density at radius 3 is 2.44 bits per heavy atom. The molecule has 1 saturated heterocycles. The number of nitrogens with zero attached hydrogens (tertiary/aromatic N) is 2. The van der Waals surface area contributed by atoms with E-state index in [2.05, 4.69) is 15.3 Å². The second-order valence-corrected chi connectivity index (χ2v) is 6.02. The summed E-state index contributed by atoms with van der Waals surface area (Å²) >= 11 is 1.86. The molecule has 2 fully saturated rings. The Hall–Kier alpha value is -0.410. The van der Waals surface area contributed by atoms with Crippen LogP contribution in [-0.4, -0.2) is 23.0 Å². The summed E-state index contributed by atoms with van der Waals surface area (Å²) in [5, 5.41) is 3.52. The van der Waals surface area contributed by atoms with E-state index < -0.39 is 0 Å². The van der Waals surface area contributed by atoms with Crippen molar-refractivity contribution in [3.05, 3.63) is 16.6 Å². The lowest BCUT2D eigenvalue weighted by Crippen LogP contribution is -2.45. The summed E-state index contributed by atoms with van der Waals surface area (Å²) in [4.78, 5) is 7.36. The van der Waals surface area contributed by atoms with Crippen LogP contribution < -0.4 is 0 Å². The van der Waals surface area contributed by atoms with Crippen molar-refractivity contribution in [2.75, 3.05) is 13.1 Å². The minimum absolute atomic E-state index is 0.322. The Labute approximate surface area is 102 Å². The zero-order valence-electron chi connectivity index (χ0n) is 9.82. The van der Waals surface area contributed by atoms with E-state index in [9.17, 15) is 0 Å². The molecule has 1 aromatic heterocycles. The van der Waals surface area contributed by atoms with Crippen LogP contribution >= 0.6 is 11.3 Å². The number of hydrogen-bond donors (Lipinski definition) is 0. The summed E-state index contributed by atoms with van der Waals surface area (Å²) in [6, 6.07) is 0. The van der Waals surface area contributed by atoms with Gasteiger partial charge in [-0.05, 0) is 38.8 Å². The van der Waals surface area contributed by atoms with Gasteiger partial charge in [0, 0.05) is 11.6 Å². The third-order valence-corrected chi connectivity index (χ3v) is 5.19. The largest absolute Gasteiger partial charge is 0.292 e. The van der Waals surface area contributed by atoms with Gasteiger partial charge in [0.15, 0.2) is 0 Å². The molecule has 0 aromatic carbocycles. The summed E-state index contributed by atoms with van der Waals surface area (Å²) in [5.74, 6) is 0. The minimum atomic E-state index is 0.322. The first-order chi connectivity index (χ1) is 7.92. The van der Waals surface area contributed by atoms with Gasteiger partial charge in [-0.3, -0.25) is 4.90 Å². The zero-order chi connectivity index (χ0) is 10.8. The van der Waals surface area contributed by atoms with Crippen molar-refractivity contribution in [1.82, 2.24) is 9.88 Å². The van der Waals surface area contributed by atoms with Gasteiger partial charge in [0.05, 0.1) is 5.54 Å². The van der Waals surface area contributed by atoms with Crippen molar-refractivity contribution < 1.29 is 0 Å². The lowest BCUT2D eigenvalue weighted by atomic mass is 9.81. The number of hydrogen-bond acceptors (Lipinski definition) is 3. The average molecular weight is 236 g/mol. The predicted octanol–water partition coefficient (Wildman–Crippen LogP) is 3.40. The zero-order valence-corrected chi connectivity index (χ0v) is 10.6. The van der Waals surface area contributed by atoms with E-state index >= 15 is 0 Å². The van der Waals surface area contributed by atoms with Crippen LogP contribution in [0.2, 0.25) is 0 Å². The maximum Gasteiger partial charge on any atom is 0.113 e. The Morgan fingerprint density at radius 1 is 1.06 bits per heavy atom. The van der Waals surface area contributed by atoms with Crippen molar-refractivity contribution in [3.63, 3.8) is 0 Å². The standard InChI is InChI=1S/C13H20N2S/c1-2-6-13(7-3-1,12-14-8-11-16-12)15-9-4-5-10-15/h8,11H,1-7,9-10H2. The Kier molecular flexibility index (Phi) is 2.99. The average Bonchev–Trinajstić information content (AvgIpc) is 3.04. The van der Waals surface area contributed by atoms with Crippen molar-refractivity contribution in [2.45, 2.75) is 50.5 Å². The third-order valence-electron chi connectivity index (χ3n) is 4.22. The predicted molar refractivity (Wildman–Crippen MR) is 67.7 cm³/mol. The van der Waals surface area contributed by atoms with Gasteiger partial charge in [-0.2, -0.15) is 0 Å². The smallest absolute Gasteiger partial charge is 0.113 e. The molecule has 1 aromatic rings. The molecule has 1 aliphatic carbocycles. The highest BCUT2D eigenvalue weighted by molar-refractivity contribution is 7.09. The molecule has 3 rings (SSSR count). The van der Waals surface area contributed by atoms with Crippen LogP contribution in [0.4, 0.5) is 0 Å². The fourth-order valence-corrected chi connectivity index (χ4v) is 4.33. The van der Waals surface area contributed by atoms with E-state index in [1.165, 1.54) is 63.0 Å². The molecule has 16 heavy (non-hydrogen) atoms. The van der Waals surface area contributed by atoms with Gasteiger partial charge in [-0.1, -0.05) is 19.3 Å². The third kappa shape index (κ3) is 1.70. The molecule has 1 saturated carbocycles. The molecule has 0 spiro atoms. The van der Waals surface area contributed by atoms with E-state index in [0.29, 0.717) is 5.54 Å². The van der Waals surface area contributed by atoms with E-state index in [1.54, 1.807) is 0 Å². The highest BCUT2D eigenvalue weighted by Gasteiger charge is 2.42. The molecule has 2 heterocycles. The molecule has 0 N–H and O–H groups in total. The fraction of sp³-hybridized carbons (Fsp3) is 0.769. The van der Waals surface area contributed by atoms with Gasteiger partial charge in [0.1, 0.15) is 5.01 Å². The first-order valence-corrected chi connectivity index (χ1v) is 7.45. The molecule has 0 atom stereocenters. The number of aromatic nitrogens is 1. The second-order valence-electron chi connectivity index (χ2n) is 5.12. The summed E-state index contributed by atoms with van der Waals surface area (Å²) < 4.78 is 0. The Balaban J connectivity index is 1.92. The molecule has 0 unspecified atom stereocenters. The highest BCUT2D eigenvalue weighted by Crippen LogP contribution is 2.44. The van der Waals surface area contributed by atoms with E-state index in [1.807, 2.05) is 17.5 Å². The van der Waals surface area contributed by atoms with Gasteiger partial charge >= 0.3 is 0 Å². The highest BCUT2D eigenvalue weighted by atomic mass is 32.1. The summed E-state index contributed by atoms with van der Waals surface area (Å²) in [6.07, 6.45) is 11.6. The minimum Gasteiger partial charge on any atom is -0.292 e. The second kappa shape index (κ2) is 4.46. The van der Waals surface area contributed by atoms with Crippen LogP contribution in [0.25, 0.3) is 0 Å². The fourth-order valence-electron chi connectivity index (χ4n) is 3.40. The van der Waals surface area contributed by atoms with Crippen LogP contribution in [0.1, 0.15) is 50.0 Å². The number of rotatable bonds is 2. The van der Waals surface area contributed by atoms with Crippen LogP contribution in [-0.2, 0) is 5.54 Å². The van der Waals surface area contributed by atoms with Gasteiger partial charge in [0.25, 0.3) is 0 Å². The number of likely N-dealkylation sites (tertiary alicyclic amines) is 1. The van der Waals surface area contributed by atoms with Gasteiger partial charge in [-0.25, -0.2) is 4.98 Å². The normalized spacial score (nSPS) is 26.0. The molecular formula is C13H20N2S. The first kappa shape index (κ1) is 10.7. The molecule has 0 amide bonds. The molecule has 0 bridgehead atoms. The lowest BCUT2D eigenvalue weighted by molar-refractivity contribution is 0.0703. The first-order valence-electron chi connectivity index (χ1n) is 6.57. The van der Waals surface area contributed by atoms with Gasteiger partial charge in [-0.15, -0.1) is 11.3 Å². The van der Waals surface area contributed by atoms with Crippen LogP contribution in [0.5, 0.6) is 0 Å². The lowest BCUT2D eigenvalue weighted by Gasteiger charge is -2.43. The van der Waals surface area contributed by atoms with Crippen molar-refractivity contribution >= 4 is 11.3 Å². The molecular weight excluding hydrogens is 216 g/mol. The number of thiazole rings is 1. The van der Waals surface area contributed by atoms with Gasteiger partial charge in [0.2, 0.25) is 0 Å². The summed E-state index contributed by atoms with van der Waals surface area (Å²) in [5.41, 5.74) is 0.322. The molecule has 88 valence electrons. The summed E-state index contributed by atoms with van der Waals surface area (Å²) in [6.45, 7) is 2.58. The van der Waals surface area contributed by atoms with Crippen LogP contribution in [0, 0.1) is 0 Å². The van der Waals surface area contributed by atoms with Crippen molar-refractivity contribution in [3.8, 4) is 0 Å². The molecule has 3 heteroatoms. The van der Waals surface area contributed by atoms with Crippen LogP contribution in [0.3, 0.4) is 0 Å². The quantitative estimate of drug-likeness (QED) is 0.782. The van der Waals surface area contributed by atoms with Crippen LogP contribution in [0.15, 0.2) is 11.6 Å². The molecule has 0 radical (unpaired) electrons. The molecule has 2 nitrogen and oxygen atoms in total. The maximum absolute atomic E-state index is 4.63. The topological polar surface area (TPSA) is 16.1 Å². The van der Waals surface area contributed by atoms with Crippen molar-refractivity contribution in [2.24, 2.45) is 0 Å². The summed E-state index contributed by atoms with van der Waals surface area (Å²) in [7, 11) is 0. The van der Waals surface area contributed by atoms with Gasteiger partial charge < -0.3 is 0 Å². The van der Waals surface area contributed by atoms with Crippen molar-refractivity contribution in [1.29, 1.82) is 0 Å². The molecule has 2 aliphatic rings. The van der Waals surface area contributed by atoms with E-state index in [-0.39, 0.29) is 0 Å². The van der Waals surface area contributed by atoms with E-state index in [0.717, 1.165) is 0 Å². The Morgan fingerprint density at radius 2 is 1.81 bits per heavy atom. The monoisotopic (exact) mass is 236 g/mol.